The van der Waals surface area contributed by atoms with Crippen LogP contribution in [0.15, 0.2) is 60.7 Å². The minimum atomic E-state index is 0.275. The lowest BCUT2D eigenvalue weighted by Crippen LogP contribution is -2.22. The second-order valence-electron chi connectivity index (χ2n) is 7.84. The van der Waals surface area contributed by atoms with E-state index in [9.17, 15) is 0 Å². The third-order valence-corrected chi connectivity index (χ3v) is 6.43. The van der Waals surface area contributed by atoms with Crippen LogP contribution in [0.1, 0.15) is 56.6 Å². The Labute approximate surface area is 159 Å². The first-order chi connectivity index (χ1) is 13.4. The summed E-state index contributed by atoms with van der Waals surface area (Å²) in [4.78, 5) is 0. The Morgan fingerprint density at radius 3 is 2.00 bits per heavy atom. The summed E-state index contributed by atoms with van der Waals surface area (Å²) in [5, 5.41) is 11.1. The van der Waals surface area contributed by atoms with E-state index in [1.807, 2.05) is 0 Å². The van der Waals surface area contributed by atoms with Crippen molar-refractivity contribution in [2.75, 3.05) is 0 Å². The predicted molar refractivity (Wildman–Crippen MR) is 107 cm³/mol. The van der Waals surface area contributed by atoms with Gasteiger partial charge in [0.15, 0.2) is 0 Å². The molecule has 0 fully saturated rings. The Hall–Kier alpha value is -2.46. The number of fused-ring (bicyclic) bond motifs is 3. The smallest absolute Gasteiger partial charge is 0.0589 e. The molecule has 0 amide bonds. The van der Waals surface area contributed by atoms with Gasteiger partial charge in [0.1, 0.15) is 0 Å². The van der Waals surface area contributed by atoms with Gasteiger partial charge in [-0.25, -0.2) is 0 Å². The number of nitrogens with one attached hydrogen (secondary N) is 3. The normalized spacial score (nSPS) is 22.5. The number of hydrogen-bond acceptors (Lipinski definition) is 3. The molecule has 0 saturated heterocycles. The first kappa shape index (κ1) is 15.6. The van der Waals surface area contributed by atoms with Crippen molar-refractivity contribution in [3.05, 3.63) is 105 Å². The van der Waals surface area contributed by atoms with Crippen molar-refractivity contribution in [3.8, 4) is 0 Å². The van der Waals surface area contributed by atoms with E-state index >= 15 is 0 Å². The molecule has 3 heterocycles. The fraction of sp³-hybridized carbons (Fsp3) is 0.250. The fourth-order valence-electron chi connectivity index (χ4n) is 5.15. The topological polar surface area (TPSA) is 36.1 Å². The molecule has 3 N–H and O–H groups in total. The molecule has 0 radical (unpaired) electrons. The summed E-state index contributed by atoms with van der Waals surface area (Å²) in [6.45, 7) is 3.84. The largest absolute Gasteiger partial charge is 0.309 e. The number of rotatable bonds is 2. The van der Waals surface area contributed by atoms with E-state index in [-0.39, 0.29) is 12.1 Å². The quantitative estimate of drug-likeness (QED) is 0.658. The first-order valence-corrected chi connectivity index (χ1v) is 9.88. The summed E-state index contributed by atoms with van der Waals surface area (Å²) in [7, 11) is 0. The van der Waals surface area contributed by atoms with E-state index < -0.39 is 0 Å². The van der Waals surface area contributed by atoms with Gasteiger partial charge in [-0.3, -0.25) is 0 Å². The van der Waals surface area contributed by atoms with Crippen LogP contribution in [0.5, 0.6) is 0 Å². The van der Waals surface area contributed by atoms with Gasteiger partial charge < -0.3 is 16.0 Å². The zero-order valence-electron chi connectivity index (χ0n) is 15.3. The minimum absolute atomic E-state index is 0.275. The van der Waals surface area contributed by atoms with Crippen LogP contribution in [-0.4, -0.2) is 0 Å². The SMILES string of the molecule is c1ccc2c(c1)CNC2c1ccc2c(c1C1NCc3ccccc31)CNC2. The molecular weight excluding hydrogens is 330 g/mol. The molecule has 2 unspecified atom stereocenters. The van der Waals surface area contributed by atoms with E-state index in [4.69, 9.17) is 0 Å². The third kappa shape index (κ3) is 2.32. The molecule has 0 bridgehead atoms. The van der Waals surface area contributed by atoms with Crippen LogP contribution in [0, 0.1) is 0 Å². The van der Waals surface area contributed by atoms with Gasteiger partial charge >= 0.3 is 0 Å². The van der Waals surface area contributed by atoms with E-state index in [2.05, 4.69) is 76.6 Å². The molecule has 27 heavy (non-hydrogen) atoms. The Morgan fingerprint density at radius 1 is 0.556 bits per heavy atom. The van der Waals surface area contributed by atoms with Gasteiger partial charge in [-0.15, -0.1) is 0 Å². The minimum Gasteiger partial charge on any atom is -0.309 e. The highest BCUT2D eigenvalue weighted by molar-refractivity contribution is 5.55. The Balaban J connectivity index is 1.55. The van der Waals surface area contributed by atoms with E-state index in [1.165, 1.54) is 44.5 Å². The third-order valence-electron chi connectivity index (χ3n) is 6.43. The molecule has 3 nitrogen and oxygen atoms in total. The molecule has 3 aliphatic heterocycles. The van der Waals surface area contributed by atoms with Crippen LogP contribution in [0.3, 0.4) is 0 Å². The molecule has 6 rings (SSSR count). The molecule has 0 aromatic heterocycles. The van der Waals surface area contributed by atoms with Crippen LogP contribution in [0.2, 0.25) is 0 Å². The average Bonchev–Trinajstić information content (AvgIpc) is 3.44. The highest BCUT2D eigenvalue weighted by atomic mass is 15.0. The molecule has 134 valence electrons. The Morgan fingerprint density at radius 2 is 1.22 bits per heavy atom. The van der Waals surface area contributed by atoms with E-state index in [0.29, 0.717) is 0 Å². The van der Waals surface area contributed by atoms with Gasteiger partial charge in [-0.05, 0) is 44.5 Å². The van der Waals surface area contributed by atoms with Crippen molar-refractivity contribution >= 4 is 0 Å². The first-order valence-electron chi connectivity index (χ1n) is 9.88. The molecule has 3 aromatic carbocycles. The van der Waals surface area contributed by atoms with Crippen molar-refractivity contribution in [2.45, 2.75) is 38.3 Å². The summed E-state index contributed by atoms with van der Waals surface area (Å²) >= 11 is 0. The van der Waals surface area contributed by atoms with Crippen LogP contribution < -0.4 is 16.0 Å². The lowest BCUT2D eigenvalue weighted by atomic mass is 9.84. The van der Waals surface area contributed by atoms with Gasteiger partial charge in [0.2, 0.25) is 0 Å². The van der Waals surface area contributed by atoms with Crippen molar-refractivity contribution in [2.24, 2.45) is 0 Å². The van der Waals surface area contributed by atoms with E-state index in [0.717, 1.165) is 26.2 Å². The average molecular weight is 353 g/mol. The molecule has 0 saturated carbocycles. The Kier molecular flexibility index (Phi) is 3.48. The maximum atomic E-state index is 3.80. The fourth-order valence-corrected chi connectivity index (χ4v) is 5.15. The summed E-state index contributed by atoms with van der Waals surface area (Å²) in [6.07, 6.45) is 0. The zero-order chi connectivity index (χ0) is 17.8. The van der Waals surface area contributed by atoms with Gasteiger partial charge in [0.25, 0.3) is 0 Å². The number of benzene rings is 3. The predicted octanol–water partition coefficient (Wildman–Crippen LogP) is 3.68. The maximum Gasteiger partial charge on any atom is 0.0589 e. The van der Waals surface area contributed by atoms with Gasteiger partial charge in [0.05, 0.1) is 12.1 Å². The van der Waals surface area contributed by atoms with Gasteiger partial charge in [0, 0.05) is 26.2 Å². The second-order valence-corrected chi connectivity index (χ2v) is 7.84. The molecule has 0 aliphatic carbocycles. The van der Waals surface area contributed by atoms with E-state index in [1.54, 1.807) is 0 Å². The monoisotopic (exact) mass is 353 g/mol. The van der Waals surface area contributed by atoms with Gasteiger partial charge in [-0.1, -0.05) is 60.7 Å². The molecule has 0 spiro atoms. The highest BCUT2D eigenvalue weighted by Crippen LogP contribution is 2.42. The summed E-state index contributed by atoms with van der Waals surface area (Å²) in [5.74, 6) is 0. The second kappa shape index (κ2) is 6.03. The number of hydrogen-bond donors (Lipinski definition) is 3. The summed E-state index contributed by atoms with van der Waals surface area (Å²) in [5.41, 5.74) is 11.6. The van der Waals surface area contributed by atoms with Crippen molar-refractivity contribution in [3.63, 3.8) is 0 Å². The molecular formula is C24H23N3. The Bertz CT molecular complexity index is 1040. The molecule has 3 aliphatic rings. The van der Waals surface area contributed by atoms with Crippen molar-refractivity contribution in [1.82, 2.24) is 16.0 Å². The van der Waals surface area contributed by atoms with Gasteiger partial charge in [-0.2, -0.15) is 0 Å². The van der Waals surface area contributed by atoms with Crippen LogP contribution in [0.4, 0.5) is 0 Å². The maximum absolute atomic E-state index is 3.80. The molecule has 3 aromatic rings. The van der Waals surface area contributed by atoms with Crippen molar-refractivity contribution in [1.29, 1.82) is 0 Å². The molecule has 2 atom stereocenters. The lowest BCUT2D eigenvalue weighted by molar-refractivity contribution is 0.619. The van der Waals surface area contributed by atoms with Crippen molar-refractivity contribution < 1.29 is 0 Å². The van der Waals surface area contributed by atoms with Crippen LogP contribution in [-0.2, 0) is 26.2 Å². The lowest BCUT2D eigenvalue weighted by Gasteiger charge is -2.25. The standard InChI is InChI=1S/C24H23N3/c1-3-7-18-15(5-1)12-26-23(18)20-10-9-17-11-25-14-21(17)22(20)24-19-8-4-2-6-16(19)13-27-24/h1-10,23-27H,11-14H2. The summed E-state index contributed by atoms with van der Waals surface area (Å²) in [6, 6.07) is 23.0. The summed E-state index contributed by atoms with van der Waals surface area (Å²) < 4.78 is 0. The highest BCUT2D eigenvalue weighted by Gasteiger charge is 2.33. The zero-order valence-corrected chi connectivity index (χ0v) is 15.3. The van der Waals surface area contributed by atoms with Crippen LogP contribution in [0.25, 0.3) is 0 Å². The molecule has 3 heteroatoms. The van der Waals surface area contributed by atoms with Crippen LogP contribution >= 0.6 is 0 Å².